The molecule has 1 atom stereocenters. The van der Waals surface area contributed by atoms with Crippen LogP contribution in [0.5, 0.6) is 0 Å². The number of rotatable bonds is 7. The standard InChI is InChI=1S/C13H23NS2/c1-10(2)12(4)15-8-6-14-9-13-11(3)5-7-16-13/h5,7,10,12,14H,6,8-9H2,1-4H3. The lowest BCUT2D eigenvalue weighted by Crippen LogP contribution is -2.18. The van der Waals surface area contributed by atoms with Crippen molar-refractivity contribution in [2.75, 3.05) is 12.3 Å². The van der Waals surface area contributed by atoms with Crippen LogP contribution in [0, 0.1) is 12.8 Å². The molecule has 1 aromatic rings. The van der Waals surface area contributed by atoms with E-state index in [0.29, 0.717) is 0 Å². The molecule has 0 aromatic carbocycles. The summed E-state index contributed by atoms with van der Waals surface area (Å²) in [7, 11) is 0. The Morgan fingerprint density at radius 3 is 2.69 bits per heavy atom. The van der Waals surface area contributed by atoms with Crippen LogP contribution in [0.2, 0.25) is 0 Å². The molecule has 0 bridgehead atoms. The lowest BCUT2D eigenvalue weighted by molar-refractivity contribution is 0.640. The summed E-state index contributed by atoms with van der Waals surface area (Å²) >= 11 is 3.92. The third-order valence-electron chi connectivity index (χ3n) is 2.85. The zero-order valence-corrected chi connectivity index (χ0v) is 12.4. The van der Waals surface area contributed by atoms with Crippen LogP contribution in [-0.2, 0) is 6.54 Å². The quantitative estimate of drug-likeness (QED) is 0.743. The summed E-state index contributed by atoms with van der Waals surface area (Å²) in [6, 6.07) is 2.19. The molecule has 0 saturated carbocycles. The van der Waals surface area contributed by atoms with Gasteiger partial charge in [0, 0.05) is 29.0 Å². The van der Waals surface area contributed by atoms with Gasteiger partial charge in [0.2, 0.25) is 0 Å². The number of thioether (sulfide) groups is 1. The van der Waals surface area contributed by atoms with Crippen LogP contribution in [0.3, 0.4) is 0 Å². The molecule has 0 radical (unpaired) electrons. The minimum Gasteiger partial charge on any atom is -0.311 e. The smallest absolute Gasteiger partial charge is 0.0302 e. The number of hydrogen-bond donors (Lipinski definition) is 1. The topological polar surface area (TPSA) is 12.0 Å². The molecule has 16 heavy (non-hydrogen) atoms. The van der Waals surface area contributed by atoms with Crippen LogP contribution in [-0.4, -0.2) is 17.5 Å². The van der Waals surface area contributed by atoms with Crippen molar-refractivity contribution in [3.8, 4) is 0 Å². The van der Waals surface area contributed by atoms with Crippen molar-refractivity contribution in [3.63, 3.8) is 0 Å². The van der Waals surface area contributed by atoms with Gasteiger partial charge in [0.1, 0.15) is 0 Å². The molecule has 0 amide bonds. The van der Waals surface area contributed by atoms with Gasteiger partial charge in [-0.15, -0.1) is 11.3 Å². The van der Waals surface area contributed by atoms with Gasteiger partial charge in [-0.2, -0.15) is 11.8 Å². The molecule has 1 aromatic heterocycles. The second-order valence-corrected chi connectivity index (χ2v) is 7.01. The van der Waals surface area contributed by atoms with E-state index in [0.717, 1.165) is 24.3 Å². The molecule has 1 heterocycles. The predicted octanol–water partition coefficient (Wildman–Crippen LogP) is 3.92. The van der Waals surface area contributed by atoms with Crippen LogP contribution < -0.4 is 5.32 Å². The molecule has 0 fully saturated rings. The first kappa shape index (κ1) is 14.1. The van der Waals surface area contributed by atoms with Crippen molar-refractivity contribution in [2.24, 2.45) is 5.92 Å². The maximum Gasteiger partial charge on any atom is 0.0302 e. The highest BCUT2D eigenvalue weighted by Gasteiger charge is 2.06. The van der Waals surface area contributed by atoms with Gasteiger partial charge in [-0.1, -0.05) is 20.8 Å². The van der Waals surface area contributed by atoms with Gasteiger partial charge in [-0.05, 0) is 29.9 Å². The maximum atomic E-state index is 3.51. The van der Waals surface area contributed by atoms with Gasteiger partial charge in [-0.25, -0.2) is 0 Å². The van der Waals surface area contributed by atoms with Crippen LogP contribution in [0.15, 0.2) is 11.4 Å². The van der Waals surface area contributed by atoms with Crippen molar-refractivity contribution in [3.05, 3.63) is 21.9 Å². The summed E-state index contributed by atoms with van der Waals surface area (Å²) in [5, 5.41) is 6.45. The van der Waals surface area contributed by atoms with Gasteiger partial charge in [0.25, 0.3) is 0 Å². The number of thiophene rings is 1. The first-order valence-corrected chi connectivity index (χ1v) is 7.89. The van der Waals surface area contributed by atoms with E-state index in [9.17, 15) is 0 Å². The molecule has 0 saturated heterocycles. The number of nitrogens with one attached hydrogen (secondary N) is 1. The average molecular weight is 257 g/mol. The van der Waals surface area contributed by atoms with Crippen LogP contribution >= 0.6 is 23.1 Å². The van der Waals surface area contributed by atoms with Crippen molar-refractivity contribution in [1.82, 2.24) is 5.32 Å². The minimum absolute atomic E-state index is 0.769. The molecule has 1 nitrogen and oxygen atoms in total. The lowest BCUT2D eigenvalue weighted by atomic mass is 10.2. The number of hydrogen-bond acceptors (Lipinski definition) is 3. The van der Waals surface area contributed by atoms with E-state index in [1.54, 1.807) is 0 Å². The Kier molecular flexibility index (Phi) is 6.47. The Hall–Kier alpha value is 0.01000. The normalized spacial score (nSPS) is 13.3. The van der Waals surface area contributed by atoms with Gasteiger partial charge < -0.3 is 5.32 Å². The largest absolute Gasteiger partial charge is 0.311 e. The monoisotopic (exact) mass is 257 g/mol. The van der Waals surface area contributed by atoms with Crippen molar-refractivity contribution in [2.45, 2.75) is 39.5 Å². The third kappa shape index (κ3) is 4.89. The van der Waals surface area contributed by atoms with Crippen molar-refractivity contribution >= 4 is 23.1 Å². The highest BCUT2D eigenvalue weighted by atomic mass is 32.2. The molecule has 1 rings (SSSR count). The lowest BCUT2D eigenvalue weighted by Gasteiger charge is -2.14. The maximum absolute atomic E-state index is 3.51. The molecule has 0 aliphatic carbocycles. The van der Waals surface area contributed by atoms with Crippen LogP contribution in [0.1, 0.15) is 31.2 Å². The highest BCUT2D eigenvalue weighted by Crippen LogP contribution is 2.18. The summed E-state index contributed by atoms with van der Waals surface area (Å²) < 4.78 is 0. The van der Waals surface area contributed by atoms with Gasteiger partial charge in [0.05, 0.1) is 0 Å². The van der Waals surface area contributed by atoms with E-state index < -0.39 is 0 Å². The molecule has 3 heteroatoms. The first-order chi connectivity index (χ1) is 7.61. The van der Waals surface area contributed by atoms with E-state index in [1.165, 1.54) is 16.2 Å². The van der Waals surface area contributed by atoms with E-state index in [2.05, 4.69) is 56.2 Å². The molecule has 0 aliphatic rings. The van der Waals surface area contributed by atoms with E-state index >= 15 is 0 Å². The Balaban J connectivity index is 2.07. The molecule has 0 spiro atoms. The molecular weight excluding hydrogens is 234 g/mol. The van der Waals surface area contributed by atoms with Crippen LogP contribution in [0.4, 0.5) is 0 Å². The Bertz CT molecular complexity index is 294. The predicted molar refractivity (Wildman–Crippen MR) is 77.5 cm³/mol. The molecular formula is C13H23NS2. The second kappa shape index (κ2) is 7.36. The minimum atomic E-state index is 0.769. The first-order valence-electron chi connectivity index (χ1n) is 5.96. The Labute approximate surface area is 108 Å². The molecule has 1 N–H and O–H groups in total. The molecule has 92 valence electrons. The zero-order valence-electron chi connectivity index (χ0n) is 10.7. The third-order valence-corrected chi connectivity index (χ3v) is 5.39. The Morgan fingerprint density at radius 1 is 1.38 bits per heavy atom. The van der Waals surface area contributed by atoms with E-state index in [4.69, 9.17) is 0 Å². The number of aryl methyl sites for hydroxylation is 1. The van der Waals surface area contributed by atoms with Crippen molar-refractivity contribution < 1.29 is 0 Å². The SMILES string of the molecule is Cc1ccsc1CNCCSC(C)C(C)C. The Morgan fingerprint density at radius 2 is 2.12 bits per heavy atom. The average Bonchev–Trinajstić information content (AvgIpc) is 2.63. The fourth-order valence-corrected chi connectivity index (χ4v) is 3.19. The second-order valence-electron chi connectivity index (χ2n) is 4.52. The summed E-state index contributed by atoms with van der Waals surface area (Å²) in [5.74, 6) is 1.99. The van der Waals surface area contributed by atoms with Gasteiger partial charge >= 0.3 is 0 Å². The summed E-state index contributed by atoms with van der Waals surface area (Å²) in [6.07, 6.45) is 0. The van der Waals surface area contributed by atoms with Gasteiger partial charge in [0.15, 0.2) is 0 Å². The fourth-order valence-electron chi connectivity index (χ4n) is 1.30. The zero-order chi connectivity index (χ0) is 12.0. The summed E-state index contributed by atoms with van der Waals surface area (Å²) in [6.45, 7) is 11.2. The van der Waals surface area contributed by atoms with E-state index in [-0.39, 0.29) is 0 Å². The molecule has 0 aliphatic heterocycles. The van der Waals surface area contributed by atoms with Crippen molar-refractivity contribution in [1.29, 1.82) is 0 Å². The van der Waals surface area contributed by atoms with Crippen LogP contribution in [0.25, 0.3) is 0 Å². The fraction of sp³-hybridized carbons (Fsp3) is 0.692. The summed E-state index contributed by atoms with van der Waals surface area (Å²) in [4.78, 5) is 1.47. The van der Waals surface area contributed by atoms with E-state index in [1.807, 2.05) is 11.3 Å². The van der Waals surface area contributed by atoms with Gasteiger partial charge in [-0.3, -0.25) is 0 Å². The summed E-state index contributed by atoms with van der Waals surface area (Å²) in [5.41, 5.74) is 1.42. The molecule has 1 unspecified atom stereocenters. The highest BCUT2D eigenvalue weighted by molar-refractivity contribution is 7.99.